The molecule has 0 amide bonds. The number of benzene rings is 2. The molecule has 0 spiro atoms. The standard InChI is InChI=1S/C24H34N2/c1-17-12-19(3)23(20(4)13-17)25-10-8-7-9-11-26(16-25)24-21(5)14-18(2)15-22(24)6/h12-15H,7-11,16H2,1-6H3. The van der Waals surface area contributed by atoms with E-state index in [-0.39, 0.29) is 0 Å². The summed E-state index contributed by atoms with van der Waals surface area (Å²) in [4.78, 5) is 5.23. The van der Waals surface area contributed by atoms with Crippen molar-refractivity contribution in [1.29, 1.82) is 0 Å². The molecule has 0 atom stereocenters. The molecule has 0 N–H and O–H groups in total. The van der Waals surface area contributed by atoms with Crippen LogP contribution in [0.3, 0.4) is 0 Å². The summed E-state index contributed by atoms with van der Waals surface area (Å²) >= 11 is 0. The zero-order valence-corrected chi connectivity index (χ0v) is 17.4. The molecule has 0 unspecified atom stereocenters. The predicted molar refractivity (Wildman–Crippen MR) is 115 cm³/mol. The summed E-state index contributed by atoms with van der Waals surface area (Å²) < 4.78 is 0. The van der Waals surface area contributed by atoms with Gasteiger partial charge in [0.25, 0.3) is 0 Å². The van der Waals surface area contributed by atoms with Crippen molar-refractivity contribution in [2.75, 3.05) is 29.6 Å². The fourth-order valence-electron chi connectivity index (χ4n) is 4.84. The van der Waals surface area contributed by atoms with Crippen LogP contribution in [0.4, 0.5) is 11.4 Å². The second kappa shape index (κ2) is 7.73. The molecular formula is C24H34N2. The second-order valence-corrected chi connectivity index (χ2v) is 8.22. The fraction of sp³-hybridized carbons (Fsp3) is 0.500. The van der Waals surface area contributed by atoms with Crippen molar-refractivity contribution in [3.8, 4) is 0 Å². The Bertz CT molecular complexity index is 679. The lowest BCUT2D eigenvalue weighted by molar-refractivity contribution is 0.583. The number of hydrogen-bond acceptors (Lipinski definition) is 2. The van der Waals surface area contributed by atoms with E-state index in [1.54, 1.807) is 0 Å². The highest BCUT2D eigenvalue weighted by atomic mass is 15.3. The summed E-state index contributed by atoms with van der Waals surface area (Å²) in [5.41, 5.74) is 11.2. The molecule has 2 aromatic rings. The van der Waals surface area contributed by atoms with Crippen molar-refractivity contribution >= 4 is 11.4 Å². The molecule has 1 aliphatic heterocycles. The normalized spacial score (nSPS) is 15.8. The maximum Gasteiger partial charge on any atom is 0.0903 e. The number of rotatable bonds is 2. The maximum atomic E-state index is 2.61. The summed E-state index contributed by atoms with van der Waals surface area (Å²) in [7, 11) is 0. The van der Waals surface area contributed by atoms with Gasteiger partial charge in [0.2, 0.25) is 0 Å². The van der Waals surface area contributed by atoms with Gasteiger partial charge in [-0.1, -0.05) is 35.4 Å². The fourth-order valence-corrected chi connectivity index (χ4v) is 4.84. The zero-order valence-electron chi connectivity index (χ0n) is 17.4. The predicted octanol–water partition coefficient (Wildman–Crippen LogP) is 5.99. The van der Waals surface area contributed by atoms with Gasteiger partial charge < -0.3 is 9.80 Å². The quantitative estimate of drug-likeness (QED) is 0.656. The van der Waals surface area contributed by atoms with E-state index in [4.69, 9.17) is 0 Å². The third-order valence-electron chi connectivity index (χ3n) is 5.60. The minimum Gasteiger partial charge on any atom is -0.353 e. The molecule has 140 valence electrons. The van der Waals surface area contributed by atoms with Crippen molar-refractivity contribution in [3.63, 3.8) is 0 Å². The first-order valence-electron chi connectivity index (χ1n) is 10.0. The Morgan fingerprint density at radius 3 is 1.23 bits per heavy atom. The lowest BCUT2D eigenvalue weighted by atomic mass is 10.0. The smallest absolute Gasteiger partial charge is 0.0903 e. The molecule has 1 aliphatic rings. The highest BCUT2D eigenvalue weighted by Gasteiger charge is 2.20. The van der Waals surface area contributed by atoms with Crippen LogP contribution in [-0.2, 0) is 0 Å². The monoisotopic (exact) mass is 350 g/mol. The summed E-state index contributed by atoms with van der Waals surface area (Å²) in [5, 5.41) is 0. The Hall–Kier alpha value is -1.96. The van der Waals surface area contributed by atoms with E-state index in [2.05, 4.69) is 75.6 Å². The van der Waals surface area contributed by atoms with Crippen LogP contribution in [0.5, 0.6) is 0 Å². The first kappa shape index (κ1) is 18.8. The molecule has 26 heavy (non-hydrogen) atoms. The molecule has 0 aliphatic carbocycles. The number of hydrogen-bond donors (Lipinski definition) is 0. The van der Waals surface area contributed by atoms with Crippen LogP contribution in [0.1, 0.15) is 52.6 Å². The molecule has 1 fully saturated rings. The highest BCUT2D eigenvalue weighted by Crippen LogP contribution is 2.32. The van der Waals surface area contributed by atoms with Crippen molar-refractivity contribution in [3.05, 3.63) is 57.6 Å². The van der Waals surface area contributed by atoms with E-state index in [0.29, 0.717) is 0 Å². The molecule has 0 radical (unpaired) electrons. The van der Waals surface area contributed by atoms with Crippen LogP contribution in [0.15, 0.2) is 24.3 Å². The van der Waals surface area contributed by atoms with Crippen LogP contribution in [-0.4, -0.2) is 19.8 Å². The van der Waals surface area contributed by atoms with Gasteiger partial charge >= 0.3 is 0 Å². The van der Waals surface area contributed by atoms with Crippen LogP contribution in [0.25, 0.3) is 0 Å². The maximum absolute atomic E-state index is 2.61. The van der Waals surface area contributed by atoms with Gasteiger partial charge in [-0.05, 0) is 83.1 Å². The van der Waals surface area contributed by atoms with Crippen molar-refractivity contribution in [2.24, 2.45) is 0 Å². The SMILES string of the molecule is Cc1cc(C)c(N2CCCCCN(c3c(C)cc(C)cc3C)C2)c(C)c1. The van der Waals surface area contributed by atoms with Gasteiger partial charge in [0.05, 0.1) is 6.67 Å². The van der Waals surface area contributed by atoms with Gasteiger partial charge in [0.15, 0.2) is 0 Å². The molecule has 0 aromatic heterocycles. The van der Waals surface area contributed by atoms with E-state index in [1.807, 2.05) is 0 Å². The third kappa shape index (κ3) is 3.90. The average molecular weight is 351 g/mol. The molecule has 2 heteroatoms. The van der Waals surface area contributed by atoms with Crippen molar-refractivity contribution in [2.45, 2.75) is 60.8 Å². The van der Waals surface area contributed by atoms with Crippen molar-refractivity contribution in [1.82, 2.24) is 0 Å². The first-order chi connectivity index (χ1) is 12.4. The molecule has 0 saturated carbocycles. The van der Waals surface area contributed by atoms with Gasteiger partial charge in [-0.15, -0.1) is 0 Å². The van der Waals surface area contributed by atoms with Crippen LogP contribution in [0, 0.1) is 41.5 Å². The molecule has 2 nitrogen and oxygen atoms in total. The second-order valence-electron chi connectivity index (χ2n) is 8.22. The molecule has 1 saturated heterocycles. The van der Waals surface area contributed by atoms with Crippen LogP contribution >= 0.6 is 0 Å². The Kier molecular flexibility index (Phi) is 5.60. The number of anilines is 2. The Morgan fingerprint density at radius 1 is 0.538 bits per heavy atom. The highest BCUT2D eigenvalue weighted by molar-refractivity contribution is 5.64. The topological polar surface area (TPSA) is 6.48 Å². The van der Waals surface area contributed by atoms with Gasteiger partial charge in [-0.3, -0.25) is 0 Å². The lowest BCUT2D eigenvalue weighted by Crippen LogP contribution is -2.42. The van der Waals surface area contributed by atoms with Gasteiger partial charge in [-0.2, -0.15) is 0 Å². The van der Waals surface area contributed by atoms with E-state index < -0.39 is 0 Å². The van der Waals surface area contributed by atoms with E-state index in [0.717, 1.165) is 19.8 Å². The van der Waals surface area contributed by atoms with Gasteiger partial charge in [0, 0.05) is 24.5 Å². The summed E-state index contributed by atoms with van der Waals surface area (Å²) in [6.45, 7) is 16.7. The first-order valence-corrected chi connectivity index (χ1v) is 10.0. The van der Waals surface area contributed by atoms with E-state index in [1.165, 1.54) is 64.0 Å². The Morgan fingerprint density at radius 2 is 0.885 bits per heavy atom. The minimum atomic E-state index is 0.982. The Labute approximate surface area is 159 Å². The number of nitrogens with zero attached hydrogens (tertiary/aromatic N) is 2. The average Bonchev–Trinajstić information content (AvgIpc) is 2.48. The molecule has 1 heterocycles. The zero-order chi connectivity index (χ0) is 18.8. The van der Waals surface area contributed by atoms with Crippen molar-refractivity contribution < 1.29 is 0 Å². The molecule has 3 rings (SSSR count). The number of aryl methyl sites for hydroxylation is 6. The summed E-state index contributed by atoms with van der Waals surface area (Å²) in [5.74, 6) is 0. The van der Waals surface area contributed by atoms with Crippen LogP contribution in [0.2, 0.25) is 0 Å². The lowest BCUT2D eigenvalue weighted by Gasteiger charge is -2.38. The van der Waals surface area contributed by atoms with E-state index >= 15 is 0 Å². The van der Waals surface area contributed by atoms with Gasteiger partial charge in [-0.25, -0.2) is 0 Å². The Balaban J connectivity index is 1.99. The van der Waals surface area contributed by atoms with Crippen LogP contribution < -0.4 is 9.80 Å². The van der Waals surface area contributed by atoms with E-state index in [9.17, 15) is 0 Å². The third-order valence-corrected chi connectivity index (χ3v) is 5.60. The molecule has 2 aromatic carbocycles. The largest absolute Gasteiger partial charge is 0.353 e. The molecule has 0 bridgehead atoms. The minimum absolute atomic E-state index is 0.982. The summed E-state index contributed by atoms with van der Waals surface area (Å²) in [6.07, 6.45) is 3.87. The summed E-state index contributed by atoms with van der Waals surface area (Å²) in [6, 6.07) is 9.31. The molecular weight excluding hydrogens is 316 g/mol. The van der Waals surface area contributed by atoms with Gasteiger partial charge in [0.1, 0.15) is 0 Å².